The van der Waals surface area contributed by atoms with E-state index in [4.69, 9.17) is 4.74 Å². The van der Waals surface area contributed by atoms with Gasteiger partial charge in [0.2, 0.25) is 0 Å². The second-order valence-electron chi connectivity index (χ2n) is 4.10. The first-order valence-electron chi connectivity index (χ1n) is 6.12. The first kappa shape index (κ1) is 13.1. The quantitative estimate of drug-likeness (QED) is 0.866. The molecule has 0 bridgehead atoms. The fourth-order valence-electron chi connectivity index (χ4n) is 1.72. The number of ether oxygens (including phenoxy) is 1. The molecule has 0 fully saturated rings. The summed E-state index contributed by atoms with van der Waals surface area (Å²) in [6.45, 7) is 5.64. The van der Waals surface area contributed by atoms with Crippen molar-refractivity contribution in [2.75, 3.05) is 6.61 Å². The van der Waals surface area contributed by atoms with E-state index in [1.165, 1.54) is 5.56 Å². The maximum atomic E-state index is 5.49. The lowest BCUT2D eigenvalue weighted by Gasteiger charge is -2.12. The molecule has 1 atom stereocenters. The Morgan fingerprint density at radius 3 is 3.06 bits per heavy atom. The minimum atomic E-state index is 0.270. The van der Waals surface area contributed by atoms with E-state index in [-0.39, 0.29) is 6.04 Å². The molecule has 1 N–H and O–H groups in total. The number of nitrogens with zero attached hydrogens (tertiary/aromatic N) is 1. The lowest BCUT2D eigenvalue weighted by Crippen LogP contribution is -2.18. The highest BCUT2D eigenvalue weighted by molar-refractivity contribution is 7.07. The van der Waals surface area contributed by atoms with Crippen LogP contribution >= 0.6 is 11.3 Å². The van der Waals surface area contributed by atoms with Crippen LogP contribution in [0.2, 0.25) is 0 Å². The standard InChI is InChI=1S/C14H18N2OS/c1-3-17-13-6-4-5-12(7-13)8-15-11(2)14-9-18-10-16-14/h4-7,9-11,15H,3,8H2,1-2H3. The van der Waals surface area contributed by atoms with Gasteiger partial charge < -0.3 is 10.1 Å². The highest BCUT2D eigenvalue weighted by atomic mass is 32.1. The normalized spacial score (nSPS) is 12.3. The van der Waals surface area contributed by atoms with Gasteiger partial charge in [0.15, 0.2) is 0 Å². The van der Waals surface area contributed by atoms with E-state index in [0.717, 1.165) is 18.0 Å². The number of hydrogen-bond acceptors (Lipinski definition) is 4. The van der Waals surface area contributed by atoms with Crippen molar-refractivity contribution in [1.82, 2.24) is 10.3 Å². The number of benzene rings is 1. The third-order valence-corrected chi connectivity index (χ3v) is 3.32. The second-order valence-corrected chi connectivity index (χ2v) is 4.82. The summed E-state index contributed by atoms with van der Waals surface area (Å²) in [5.74, 6) is 0.929. The molecule has 4 heteroatoms. The van der Waals surface area contributed by atoms with Crippen molar-refractivity contribution in [3.8, 4) is 5.75 Å². The van der Waals surface area contributed by atoms with Gasteiger partial charge in [-0.2, -0.15) is 0 Å². The topological polar surface area (TPSA) is 34.1 Å². The van der Waals surface area contributed by atoms with Gasteiger partial charge in [0.05, 0.1) is 17.8 Å². The van der Waals surface area contributed by atoms with Gasteiger partial charge in [-0.3, -0.25) is 0 Å². The van der Waals surface area contributed by atoms with Crippen molar-refractivity contribution in [1.29, 1.82) is 0 Å². The molecule has 0 saturated carbocycles. The molecule has 0 spiro atoms. The summed E-state index contributed by atoms with van der Waals surface area (Å²) >= 11 is 1.63. The van der Waals surface area contributed by atoms with Crippen molar-refractivity contribution in [2.45, 2.75) is 26.4 Å². The van der Waals surface area contributed by atoms with Crippen LogP contribution in [-0.4, -0.2) is 11.6 Å². The Hall–Kier alpha value is -1.39. The van der Waals surface area contributed by atoms with Crippen LogP contribution in [0.15, 0.2) is 35.2 Å². The monoisotopic (exact) mass is 262 g/mol. The Morgan fingerprint density at radius 1 is 1.44 bits per heavy atom. The number of hydrogen-bond donors (Lipinski definition) is 1. The molecule has 2 rings (SSSR count). The summed E-state index contributed by atoms with van der Waals surface area (Å²) in [5, 5.41) is 5.54. The summed E-state index contributed by atoms with van der Waals surface area (Å²) in [5.41, 5.74) is 4.19. The Kier molecular flexibility index (Phi) is 4.73. The molecule has 3 nitrogen and oxygen atoms in total. The maximum absolute atomic E-state index is 5.49. The lowest BCUT2D eigenvalue weighted by molar-refractivity contribution is 0.339. The maximum Gasteiger partial charge on any atom is 0.119 e. The van der Waals surface area contributed by atoms with Crippen LogP contribution in [0.3, 0.4) is 0 Å². The van der Waals surface area contributed by atoms with Crippen LogP contribution in [0, 0.1) is 0 Å². The predicted molar refractivity (Wildman–Crippen MR) is 75.0 cm³/mol. The van der Waals surface area contributed by atoms with E-state index in [9.17, 15) is 0 Å². The molecular weight excluding hydrogens is 244 g/mol. The van der Waals surface area contributed by atoms with E-state index >= 15 is 0 Å². The molecule has 1 heterocycles. The van der Waals surface area contributed by atoms with Crippen LogP contribution in [0.1, 0.15) is 31.1 Å². The van der Waals surface area contributed by atoms with Crippen molar-refractivity contribution >= 4 is 11.3 Å². The molecule has 0 saturated heterocycles. The number of nitrogens with one attached hydrogen (secondary N) is 1. The molecule has 96 valence electrons. The molecule has 18 heavy (non-hydrogen) atoms. The molecule has 0 aliphatic heterocycles. The summed E-state index contributed by atoms with van der Waals surface area (Å²) in [7, 11) is 0. The largest absolute Gasteiger partial charge is 0.494 e. The van der Waals surface area contributed by atoms with Crippen molar-refractivity contribution < 1.29 is 4.74 Å². The molecule has 0 radical (unpaired) electrons. The van der Waals surface area contributed by atoms with Crippen LogP contribution in [0.5, 0.6) is 5.75 Å². The first-order chi connectivity index (χ1) is 8.79. The fraction of sp³-hybridized carbons (Fsp3) is 0.357. The minimum absolute atomic E-state index is 0.270. The zero-order valence-electron chi connectivity index (χ0n) is 10.7. The Labute approximate surface area is 112 Å². The zero-order chi connectivity index (χ0) is 12.8. The Balaban J connectivity index is 1.91. The first-order valence-corrected chi connectivity index (χ1v) is 7.07. The van der Waals surface area contributed by atoms with Crippen molar-refractivity contribution in [3.63, 3.8) is 0 Å². The zero-order valence-corrected chi connectivity index (χ0v) is 11.5. The SMILES string of the molecule is CCOc1cccc(CNC(C)c2cscn2)c1. The van der Waals surface area contributed by atoms with Gasteiger partial charge in [-0.15, -0.1) is 11.3 Å². The average molecular weight is 262 g/mol. The van der Waals surface area contributed by atoms with Crippen LogP contribution < -0.4 is 10.1 Å². The van der Waals surface area contributed by atoms with Gasteiger partial charge in [0.1, 0.15) is 5.75 Å². The van der Waals surface area contributed by atoms with Gasteiger partial charge in [-0.05, 0) is 31.5 Å². The molecule has 1 aromatic carbocycles. The van der Waals surface area contributed by atoms with Crippen molar-refractivity contribution in [3.05, 3.63) is 46.4 Å². The van der Waals surface area contributed by atoms with Gasteiger partial charge in [-0.1, -0.05) is 12.1 Å². The van der Waals surface area contributed by atoms with Gasteiger partial charge in [-0.25, -0.2) is 4.98 Å². The third-order valence-electron chi connectivity index (χ3n) is 2.72. The van der Waals surface area contributed by atoms with Crippen LogP contribution in [0.25, 0.3) is 0 Å². The predicted octanol–water partition coefficient (Wildman–Crippen LogP) is 3.39. The molecular formula is C14H18N2OS. The second kappa shape index (κ2) is 6.52. The Bertz CT molecular complexity index is 470. The highest BCUT2D eigenvalue weighted by Crippen LogP contribution is 2.16. The summed E-state index contributed by atoms with van der Waals surface area (Å²) in [4.78, 5) is 4.31. The molecule has 0 amide bonds. The summed E-state index contributed by atoms with van der Waals surface area (Å²) < 4.78 is 5.49. The number of aromatic nitrogens is 1. The summed E-state index contributed by atoms with van der Waals surface area (Å²) in [6, 6.07) is 8.45. The van der Waals surface area contributed by atoms with E-state index in [2.05, 4.69) is 34.7 Å². The molecule has 2 aromatic rings. The highest BCUT2D eigenvalue weighted by Gasteiger charge is 2.06. The number of thiazole rings is 1. The van der Waals surface area contributed by atoms with Crippen LogP contribution in [0.4, 0.5) is 0 Å². The lowest BCUT2D eigenvalue weighted by atomic mass is 10.2. The van der Waals surface area contributed by atoms with E-state index in [0.29, 0.717) is 6.61 Å². The van der Waals surface area contributed by atoms with E-state index < -0.39 is 0 Å². The fourth-order valence-corrected chi connectivity index (χ4v) is 2.37. The van der Waals surface area contributed by atoms with Gasteiger partial charge in [0, 0.05) is 18.0 Å². The molecule has 0 aliphatic rings. The minimum Gasteiger partial charge on any atom is -0.494 e. The van der Waals surface area contributed by atoms with Crippen molar-refractivity contribution in [2.24, 2.45) is 0 Å². The average Bonchev–Trinajstić information content (AvgIpc) is 2.91. The van der Waals surface area contributed by atoms with Gasteiger partial charge >= 0.3 is 0 Å². The van der Waals surface area contributed by atoms with E-state index in [1.54, 1.807) is 11.3 Å². The smallest absolute Gasteiger partial charge is 0.119 e. The summed E-state index contributed by atoms with van der Waals surface area (Å²) in [6.07, 6.45) is 0. The Morgan fingerprint density at radius 2 is 2.33 bits per heavy atom. The molecule has 1 unspecified atom stereocenters. The number of rotatable bonds is 6. The van der Waals surface area contributed by atoms with Gasteiger partial charge in [0.25, 0.3) is 0 Å². The molecule has 0 aliphatic carbocycles. The van der Waals surface area contributed by atoms with Crippen LogP contribution in [-0.2, 0) is 6.54 Å². The van der Waals surface area contributed by atoms with E-state index in [1.807, 2.05) is 24.6 Å². The molecule has 1 aromatic heterocycles. The third kappa shape index (κ3) is 3.55.